The van der Waals surface area contributed by atoms with E-state index in [2.05, 4.69) is 10.0 Å². The summed E-state index contributed by atoms with van der Waals surface area (Å²) in [5.74, 6) is -0.0341. The third-order valence-corrected chi connectivity index (χ3v) is 4.91. The van der Waals surface area contributed by atoms with Crippen LogP contribution in [0.15, 0.2) is 17.0 Å². The van der Waals surface area contributed by atoms with Crippen molar-refractivity contribution < 1.29 is 27.8 Å². The van der Waals surface area contributed by atoms with Crippen LogP contribution in [0.5, 0.6) is 11.5 Å². The molecule has 140 valence electrons. The number of sulfonamides is 1. The molecule has 9 nitrogen and oxygen atoms in total. The molecule has 0 bridgehead atoms. The molecule has 0 radical (unpaired) electrons. The summed E-state index contributed by atoms with van der Waals surface area (Å²) in [7, 11) is 0.920. The fourth-order valence-electron chi connectivity index (χ4n) is 2.52. The van der Waals surface area contributed by atoms with Crippen LogP contribution in [0, 0.1) is 0 Å². The van der Waals surface area contributed by atoms with Gasteiger partial charge in [-0.25, -0.2) is 13.1 Å². The Morgan fingerprint density at radius 3 is 2.72 bits per heavy atom. The number of carbonyl (C=O) groups is 1. The normalized spacial score (nSPS) is 16.6. The average Bonchev–Trinajstić information content (AvgIpc) is 2.50. The zero-order valence-electron chi connectivity index (χ0n) is 14.6. The Kier molecular flexibility index (Phi) is 5.57. The maximum atomic E-state index is 12.6. The van der Waals surface area contributed by atoms with E-state index in [1.165, 1.54) is 26.2 Å². The number of rotatable bonds is 7. The fraction of sp³-hybridized carbons (Fsp3) is 0.533. The average molecular weight is 373 g/mol. The van der Waals surface area contributed by atoms with E-state index in [0.29, 0.717) is 5.69 Å². The second-order valence-electron chi connectivity index (χ2n) is 6.40. The van der Waals surface area contributed by atoms with Crippen molar-refractivity contribution in [1.82, 2.24) is 9.62 Å². The van der Waals surface area contributed by atoms with Crippen LogP contribution in [0.1, 0.15) is 6.92 Å². The number of likely N-dealkylation sites (N-methyl/N-ethyl adjacent to an activating group) is 1. The van der Waals surface area contributed by atoms with Gasteiger partial charge >= 0.3 is 0 Å². The molecule has 0 spiro atoms. The number of nitrogens with zero attached hydrogens (tertiary/aromatic N) is 1. The van der Waals surface area contributed by atoms with Gasteiger partial charge in [0.05, 0.1) is 18.4 Å². The highest BCUT2D eigenvalue weighted by Gasteiger charge is 2.29. The Morgan fingerprint density at radius 2 is 2.12 bits per heavy atom. The molecule has 1 aliphatic rings. The van der Waals surface area contributed by atoms with E-state index in [1.54, 1.807) is 19.0 Å². The summed E-state index contributed by atoms with van der Waals surface area (Å²) in [5, 5.41) is 12.9. The van der Waals surface area contributed by atoms with Gasteiger partial charge in [-0.05, 0) is 21.0 Å². The van der Waals surface area contributed by atoms with E-state index >= 15 is 0 Å². The largest absolute Gasteiger partial charge is 0.495 e. The molecule has 1 atom stereocenters. The highest BCUT2D eigenvalue weighted by atomic mass is 32.2. The molecule has 0 saturated carbocycles. The molecule has 1 aromatic carbocycles. The number of methoxy groups -OCH3 is 1. The number of anilines is 1. The second kappa shape index (κ2) is 7.16. The molecule has 2 rings (SSSR count). The van der Waals surface area contributed by atoms with Gasteiger partial charge in [-0.2, -0.15) is 0 Å². The molecule has 1 heterocycles. The molecule has 1 aromatic rings. The molecule has 3 N–H and O–H groups in total. The lowest BCUT2D eigenvalue weighted by atomic mass is 10.1. The van der Waals surface area contributed by atoms with Crippen molar-refractivity contribution in [2.75, 3.05) is 46.2 Å². The molecular weight excluding hydrogens is 350 g/mol. The Labute approximate surface area is 147 Å². The minimum atomic E-state index is -3.97. The maximum Gasteiger partial charge on any atom is 0.262 e. The van der Waals surface area contributed by atoms with Crippen LogP contribution in [0.3, 0.4) is 0 Å². The summed E-state index contributed by atoms with van der Waals surface area (Å²) in [5.41, 5.74) is -0.908. The summed E-state index contributed by atoms with van der Waals surface area (Å²) >= 11 is 0. The Hall–Kier alpha value is -1.88. The summed E-state index contributed by atoms with van der Waals surface area (Å²) in [6, 6.07) is 2.68. The molecule has 10 heteroatoms. The number of hydrogen-bond donors (Lipinski definition) is 3. The molecule has 0 aromatic heterocycles. The number of fused-ring (bicyclic) bond motifs is 1. The summed E-state index contributed by atoms with van der Waals surface area (Å²) in [4.78, 5) is 13.0. The lowest BCUT2D eigenvalue weighted by Crippen LogP contribution is -2.47. The molecular formula is C15H23N3O6S. The van der Waals surface area contributed by atoms with Gasteiger partial charge in [0.2, 0.25) is 10.0 Å². The van der Waals surface area contributed by atoms with Crippen molar-refractivity contribution in [3.63, 3.8) is 0 Å². The van der Waals surface area contributed by atoms with Crippen molar-refractivity contribution in [1.29, 1.82) is 0 Å². The monoisotopic (exact) mass is 373 g/mol. The van der Waals surface area contributed by atoms with Crippen LogP contribution in [0.25, 0.3) is 0 Å². The Bertz CT molecular complexity index is 761. The number of aliphatic hydroxyl groups is 1. The molecule has 0 fully saturated rings. The first kappa shape index (κ1) is 19.4. The zero-order valence-corrected chi connectivity index (χ0v) is 15.4. The lowest BCUT2D eigenvalue weighted by Gasteiger charge is -2.27. The predicted molar refractivity (Wildman–Crippen MR) is 91.5 cm³/mol. The molecule has 0 saturated heterocycles. The van der Waals surface area contributed by atoms with Gasteiger partial charge in [-0.3, -0.25) is 4.79 Å². The Morgan fingerprint density at radius 1 is 1.44 bits per heavy atom. The van der Waals surface area contributed by atoms with Gasteiger partial charge in [-0.1, -0.05) is 0 Å². The van der Waals surface area contributed by atoms with E-state index in [9.17, 15) is 18.3 Å². The zero-order chi connectivity index (χ0) is 18.8. The van der Waals surface area contributed by atoms with Crippen molar-refractivity contribution in [2.24, 2.45) is 0 Å². The minimum Gasteiger partial charge on any atom is -0.495 e. The molecule has 1 aliphatic heterocycles. The molecule has 0 aliphatic carbocycles. The first-order valence-corrected chi connectivity index (χ1v) is 9.04. The van der Waals surface area contributed by atoms with Crippen molar-refractivity contribution >= 4 is 21.6 Å². The van der Waals surface area contributed by atoms with Crippen LogP contribution >= 0.6 is 0 Å². The third-order valence-electron chi connectivity index (χ3n) is 3.49. The summed E-state index contributed by atoms with van der Waals surface area (Å²) in [6.45, 7) is 1.46. The standard InChI is InChI=1S/C15H23N3O6S/c1-15(20,9-18(2)3)8-16-25(21,22)13-6-11-10(5-12(13)23-4)17-14(19)7-24-11/h5-6,16,20H,7-9H2,1-4H3,(H,17,19)/t15-/m1/s1. The highest BCUT2D eigenvalue weighted by molar-refractivity contribution is 7.89. The van der Waals surface area contributed by atoms with Gasteiger partial charge in [0.1, 0.15) is 16.4 Å². The van der Waals surface area contributed by atoms with Crippen molar-refractivity contribution in [3.8, 4) is 11.5 Å². The predicted octanol–water partition coefficient (Wildman–Crippen LogP) is -0.383. The van der Waals surface area contributed by atoms with Crippen LogP contribution in [-0.4, -0.2) is 70.8 Å². The maximum absolute atomic E-state index is 12.6. The van der Waals surface area contributed by atoms with E-state index in [-0.39, 0.29) is 42.0 Å². The van der Waals surface area contributed by atoms with Gasteiger partial charge in [-0.15, -0.1) is 0 Å². The number of ether oxygens (including phenoxy) is 2. The fourth-order valence-corrected chi connectivity index (χ4v) is 3.85. The van der Waals surface area contributed by atoms with E-state index in [4.69, 9.17) is 9.47 Å². The van der Waals surface area contributed by atoms with Gasteiger partial charge in [0.25, 0.3) is 5.91 Å². The number of benzene rings is 1. The van der Waals surface area contributed by atoms with E-state index in [0.717, 1.165) is 0 Å². The summed E-state index contributed by atoms with van der Waals surface area (Å²) in [6.07, 6.45) is 0. The van der Waals surface area contributed by atoms with E-state index in [1.807, 2.05) is 0 Å². The SMILES string of the molecule is COc1cc2c(cc1S(=O)(=O)NC[C@@](C)(O)CN(C)C)OCC(=O)N2. The highest BCUT2D eigenvalue weighted by Crippen LogP contribution is 2.37. The molecule has 1 amide bonds. The number of nitrogens with one attached hydrogen (secondary N) is 2. The van der Waals surface area contributed by atoms with Gasteiger partial charge < -0.3 is 24.8 Å². The topological polar surface area (TPSA) is 117 Å². The van der Waals surface area contributed by atoms with Gasteiger partial charge in [0.15, 0.2) is 6.61 Å². The quantitative estimate of drug-likeness (QED) is 0.596. The molecule has 25 heavy (non-hydrogen) atoms. The van der Waals surface area contributed by atoms with Crippen LogP contribution in [0.4, 0.5) is 5.69 Å². The van der Waals surface area contributed by atoms with Gasteiger partial charge in [0, 0.05) is 25.2 Å². The first-order chi connectivity index (χ1) is 11.5. The van der Waals surface area contributed by atoms with Crippen LogP contribution in [-0.2, 0) is 14.8 Å². The second-order valence-corrected chi connectivity index (χ2v) is 8.13. The van der Waals surface area contributed by atoms with Crippen molar-refractivity contribution in [2.45, 2.75) is 17.4 Å². The summed E-state index contributed by atoms with van der Waals surface area (Å²) < 4.78 is 38.0. The number of hydrogen-bond acceptors (Lipinski definition) is 7. The lowest BCUT2D eigenvalue weighted by molar-refractivity contribution is -0.118. The molecule has 0 unspecified atom stereocenters. The van der Waals surface area contributed by atoms with Crippen molar-refractivity contribution in [3.05, 3.63) is 12.1 Å². The third kappa shape index (κ3) is 4.82. The first-order valence-electron chi connectivity index (χ1n) is 7.55. The van der Waals surface area contributed by atoms with Crippen LogP contribution < -0.4 is 19.5 Å². The number of carbonyl (C=O) groups excluding carboxylic acids is 1. The Balaban J connectivity index is 2.28. The minimum absolute atomic E-state index is 0.0595. The number of amides is 1. The van der Waals surface area contributed by atoms with Crippen LogP contribution in [0.2, 0.25) is 0 Å². The smallest absolute Gasteiger partial charge is 0.262 e. The van der Waals surface area contributed by atoms with E-state index < -0.39 is 15.6 Å².